The molecule has 1 aliphatic heterocycles. The fourth-order valence-electron chi connectivity index (χ4n) is 3.15. The number of nitrogens with zero attached hydrogens (tertiary/aromatic N) is 4. The maximum absolute atomic E-state index is 5.86. The minimum atomic E-state index is 0.513. The minimum Gasteiger partial charge on any atom is -0.367 e. The summed E-state index contributed by atoms with van der Waals surface area (Å²) in [6.45, 7) is 7.12. The maximum atomic E-state index is 5.86. The number of piperazine rings is 1. The number of anilines is 1. The zero-order valence-electron chi connectivity index (χ0n) is 12.6. The number of rotatable bonds is 4. The summed E-state index contributed by atoms with van der Waals surface area (Å²) >= 11 is 0. The summed E-state index contributed by atoms with van der Waals surface area (Å²) in [4.78, 5) is 4.92. The van der Waals surface area contributed by atoms with Crippen LogP contribution in [0, 0.1) is 0 Å². The molecule has 2 N–H and O–H groups in total. The smallest absolute Gasteiger partial charge is 0.0950 e. The van der Waals surface area contributed by atoms with Gasteiger partial charge in [-0.15, -0.1) is 0 Å². The quantitative estimate of drug-likeness (QED) is 0.922. The summed E-state index contributed by atoms with van der Waals surface area (Å²) in [5.74, 6) is 0. The van der Waals surface area contributed by atoms with E-state index in [0.717, 1.165) is 44.7 Å². The minimum absolute atomic E-state index is 0.513. The number of benzene rings is 1. The van der Waals surface area contributed by atoms with E-state index >= 15 is 0 Å². The van der Waals surface area contributed by atoms with E-state index in [0.29, 0.717) is 6.04 Å². The Morgan fingerprint density at radius 3 is 2.67 bits per heavy atom. The summed E-state index contributed by atoms with van der Waals surface area (Å²) in [6, 6.07) is 8.72. The number of nitrogens with two attached hydrogens (primary N) is 1. The highest BCUT2D eigenvalue weighted by molar-refractivity contribution is 5.90. The van der Waals surface area contributed by atoms with Crippen molar-refractivity contribution in [3.8, 4) is 0 Å². The number of aromatic nitrogens is 2. The number of fused-ring (bicyclic) bond motifs is 1. The van der Waals surface area contributed by atoms with E-state index in [1.54, 1.807) is 0 Å². The molecule has 5 nitrogen and oxygen atoms in total. The van der Waals surface area contributed by atoms with Gasteiger partial charge in [0.1, 0.15) is 0 Å². The highest BCUT2D eigenvalue weighted by Gasteiger charge is 2.23. The van der Waals surface area contributed by atoms with E-state index < -0.39 is 0 Å². The normalized spacial score (nSPS) is 18.1. The van der Waals surface area contributed by atoms with Crippen LogP contribution in [-0.4, -0.2) is 53.9 Å². The van der Waals surface area contributed by atoms with Crippen molar-refractivity contribution < 1.29 is 0 Å². The molecule has 112 valence electrons. The first-order valence-corrected chi connectivity index (χ1v) is 7.73. The SMILES string of the molecule is CCC(CN)N1CCN(c2cnnc3ccccc23)CC1. The Hall–Kier alpha value is -1.72. The Balaban J connectivity index is 1.77. The topological polar surface area (TPSA) is 58.3 Å². The summed E-state index contributed by atoms with van der Waals surface area (Å²) in [5.41, 5.74) is 8.02. The van der Waals surface area contributed by atoms with Gasteiger partial charge in [-0.25, -0.2) is 0 Å². The van der Waals surface area contributed by atoms with E-state index in [1.165, 1.54) is 11.1 Å². The molecule has 1 aromatic heterocycles. The van der Waals surface area contributed by atoms with Crippen LogP contribution in [0.25, 0.3) is 10.9 Å². The lowest BCUT2D eigenvalue weighted by atomic mass is 10.1. The fourth-order valence-corrected chi connectivity index (χ4v) is 3.15. The summed E-state index contributed by atoms with van der Waals surface area (Å²) < 4.78 is 0. The molecule has 1 unspecified atom stereocenters. The molecule has 0 aliphatic carbocycles. The van der Waals surface area contributed by atoms with Gasteiger partial charge >= 0.3 is 0 Å². The lowest BCUT2D eigenvalue weighted by Crippen LogP contribution is -2.52. The van der Waals surface area contributed by atoms with Crippen LogP contribution < -0.4 is 10.6 Å². The first-order chi connectivity index (χ1) is 10.3. The Labute approximate surface area is 125 Å². The van der Waals surface area contributed by atoms with Gasteiger partial charge in [0.25, 0.3) is 0 Å². The van der Waals surface area contributed by atoms with Gasteiger partial charge in [0.15, 0.2) is 0 Å². The zero-order chi connectivity index (χ0) is 14.7. The Kier molecular flexibility index (Phi) is 4.31. The molecule has 1 aliphatic rings. The Morgan fingerprint density at radius 2 is 1.95 bits per heavy atom. The fraction of sp³-hybridized carbons (Fsp3) is 0.500. The van der Waals surface area contributed by atoms with E-state index in [-0.39, 0.29) is 0 Å². The maximum Gasteiger partial charge on any atom is 0.0950 e. The molecule has 1 fully saturated rings. The second-order valence-electron chi connectivity index (χ2n) is 5.57. The van der Waals surface area contributed by atoms with Crippen LogP contribution in [0.4, 0.5) is 5.69 Å². The molecule has 21 heavy (non-hydrogen) atoms. The third-order valence-corrected chi connectivity index (χ3v) is 4.44. The van der Waals surface area contributed by atoms with Crippen LogP contribution in [0.5, 0.6) is 0 Å². The van der Waals surface area contributed by atoms with E-state index in [9.17, 15) is 0 Å². The Morgan fingerprint density at radius 1 is 1.19 bits per heavy atom. The number of hydrogen-bond donors (Lipinski definition) is 1. The second-order valence-corrected chi connectivity index (χ2v) is 5.57. The molecule has 3 rings (SSSR count). The van der Waals surface area contributed by atoms with Gasteiger partial charge in [-0.2, -0.15) is 10.2 Å². The molecule has 0 spiro atoms. The van der Waals surface area contributed by atoms with Gasteiger partial charge in [-0.3, -0.25) is 4.90 Å². The zero-order valence-corrected chi connectivity index (χ0v) is 12.6. The highest BCUT2D eigenvalue weighted by Crippen LogP contribution is 2.25. The molecule has 1 saturated heterocycles. The van der Waals surface area contributed by atoms with Crippen LogP contribution in [0.3, 0.4) is 0 Å². The van der Waals surface area contributed by atoms with Gasteiger partial charge in [0.2, 0.25) is 0 Å². The molecule has 0 bridgehead atoms. The Bertz CT molecular complexity index is 583. The van der Waals surface area contributed by atoms with Gasteiger partial charge in [0, 0.05) is 44.2 Å². The molecule has 1 atom stereocenters. The van der Waals surface area contributed by atoms with Crippen LogP contribution in [0.2, 0.25) is 0 Å². The first kappa shape index (κ1) is 14.2. The average Bonchev–Trinajstić information content (AvgIpc) is 2.56. The van der Waals surface area contributed by atoms with Gasteiger partial charge in [-0.05, 0) is 12.5 Å². The molecule has 5 heteroatoms. The largest absolute Gasteiger partial charge is 0.367 e. The first-order valence-electron chi connectivity index (χ1n) is 7.73. The van der Waals surface area contributed by atoms with Crippen molar-refractivity contribution in [3.05, 3.63) is 30.5 Å². The van der Waals surface area contributed by atoms with Crippen molar-refractivity contribution in [1.29, 1.82) is 0 Å². The third-order valence-electron chi connectivity index (χ3n) is 4.44. The van der Waals surface area contributed by atoms with Crippen LogP contribution in [-0.2, 0) is 0 Å². The van der Waals surface area contributed by atoms with Crippen molar-refractivity contribution in [2.45, 2.75) is 19.4 Å². The lowest BCUT2D eigenvalue weighted by molar-refractivity contribution is 0.184. The molecule has 0 saturated carbocycles. The second kappa shape index (κ2) is 6.37. The van der Waals surface area contributed by atoms with Crippen molar-refractivity contribution >= 4 is 16.6 Å². The molecule has 0 radical (unpaired) electrons. The predicted octanol–water partition coefficient (Wildman–Crippen LogP) is 1.49. The van der Waals surface area contributed by atoms with E-state index in [1.807, 2.05) is 18.3 Å². The van der Waals surface area contributed by atoms with Crippen molar-refractivity contribution in [2.24, 2.45) is 5.73 Å². The molecular weight excluding hydrogens is 262 g/mol. The molecule has 2 aromatic rings. The van der Waals surface area contributed by atoms with Crippen molar-refractivity contribution in [2.75, 3.05) is 37.6 Å². The van der Waals surface area contributed by atoms with Gasteiger partial charge in [0.05, 0.1) is 17.4 Å². The monoisotopic (exact) mass is 285 g/mol. The molecule has 2 heterocycles. The lowest BCUT2D eigenvalue weighted by Gasteiger charge is -2.39. The van der Waals surface area contributed by atoms with Crippen LogP contribution in [0.15, 0.2) is 30.5 Å². The molecule has 0 amide bonds. The van der Waals surface area contributed by atoms with Gasteiger partial charge < -0.3 is 10.6 Å². The highest BCUT2D eigenvalue weighted by atomic mass is 15.3. The average molecular weight is 285 g/mol. The van der Waals surface area contributed by atoms with E-state index in [4.69, 9.17) is 5.73 Å². The third kappa shape index (κ3) is 2.84. The molecule has 1 aromatic carbocycles. The van der Waals surface area contributed by atoms with Crippen molar-refractivity contribution in [3.63, 3.8) is 0 Å². The summed E-state index contributed by atoms with van der Waals surface area (Å²) in [5, 5.41) is 9.54. The summed E-state index contributed by atoms with van der Waals surface area (Å²) in [6.07, 6.45) is 3.01. The van der Waals surface area contributed by atoms with Gasteiger partial charge in [-0.1, -0.05) is 25.1 Å². The van der Waals surface area contributed by atoms with Crippen molar-refractivity contribution in [1.82, 2.24) is 15.1 Å². The van der Waals surface area contributed by atoms with Crippen LogP contribution in [0.1, 0.15) is 13.3 Å². The van der Waals surface area contributed by atoms with E-state index in [2.05, 4.69) is 39.1 Å². The predicted molar refractivity (Wildman–Crippen MR) is 86.5 cm³/mol. The van der Waals surface area contributed by atoms with Crippen LogP contribution >= 0.6 is 0 Å². The number of hydrogen-bond acceptors (Lipinski definition) is 5. The molecular formula is C16H23N5. The standard InChI is InChI=1S/C16H23N5/c1-2-13(11-17)20-7-9-21(10-8-20)16-12-18-19-15-6-4-3-5-14(15)16/h3-6,12-13H,2,7-11,17H2,1H3. The summed E-state index contributed by atoms with van der Waals surface area (Å²) in [7, 11) is 0.